The van der Waals surface area contributed by atoms with Crippen molar-refractivity contribution in [3.8, 4) is 5.75 Å². The summed E-state index contributed by atoms with van der Waals surface area (Å²) in [6.45, 7) is 5.67. The summed E-state index contributed by atoms with van der Waals surface area (Å²) >= 11 is 0. The van der Waals surface area contributed by atoms with E-state index < -0.39 is 18.2 Å². The Morgan fingerprint density at radius 1 is 1.10 bits per heavy atom. The molecule has 3 aliphatic heterocycles. The van der Waals surface area contributed by atoms with Gasteiger partial charge in [-0.1, -0.05) is 32.0 Å². The number of halogens is 1. The Labute approximate surface area is 228 Å². The largest absolute Gasteiger partial charge is 0.493 e. The van der Waals surface area contributed by atoms with Crippen LogP contribution < -0.4 is 15.4 Å². The average Bonchev–Trinajstić information content (AvgIpc) is 3.31. The van der Waals surface area contributed by atoms with Crippen molar-refractivity contribution in [2.24, 2.45) is 0 Å². The molecule has 5 atom stereocenters. The summed E-state index contributed by atoms with van der Waals surface area (Å²) in [5, 5.41) is 16.6. The molecule has 2 amide bonds. The van der Waals surface area contributed by atoms with Crippen LogP contribution in [0.15, 0.2) is 42.5 Å². The van der Waals surface area contributed by atoms with Gasteiger partial charge in [-0.05, 0) is 60.6 Å². The lowest BCUT2D eigenvalue weighted by Gasteiger charge is -2.34. The summed E-state index contributed by atoms with van der Waals surface area (Å²) in [4.78, 5) is 28.8. The second-order valence-corrected chi connectivity index (χ2v) is 11.2. The number of benzene rings is 2. The van der Waals surface area contributed by atoms with E-state index in [-0.39, 0.29) is 42.2 Å². The van der Waals surface area contributed by atoms with E-state index in [0.29, 0.717) is 56.7 Å². The van der Waals surface area contributed by atoms with Crippen molar-refractivity contribution in [1.82, 2.24) is 15.5 Å². The van der Waals surface area contributed by atoms with Crippen LogP contribution in [-0.2, 0) is 16.1 Å². The van der Waals surface area contributed by atoms with Gasteiger partial charge in [0.15, 0.2) is 0 Å². The number of aliphatic hydroxyl groups is 1. The zero-order valence-electron chi connectivity index (χ0n) is 22.6. The molecule has 3 heterocycles. The molecular weight excluding hydrogens is 501 g/mol. The van der Waals surface area contributed by atoms with Gasteiger partial charge in [0.2, 0.25) is 5.91 Å². The molecule has 210 valence electrons. The molecule has 0 radical (unpaired) electrons. The summed E-state index contributed by atoms with van der Waals surface area (Å²) in [7, 11) is 0. The Balaban J connectivity index is 1.42. The minimum absolute atomic E-state index is 0.111. The van der Waals surface area contributed by atoms with Crippen LogP contribution in [0.4, 0.5) is 4.39 Å². The van der Waals surface area contributed by atoms with Gasteiger partial charge in [0.25, 0.3) is 5.91 Å². The van der Waals surface area contributed by atoms with E-state index in [1.54, 1.807) is 12.1 Å². The molecule has 2 saturated heterocycles. The topological polar surface area (TPSA) is 100 Å². The van der Waals surface area contributed by atoms with Gasteiger partial charge < -0.3 is 25.2 Å². The minimum atomic E-state index is -0.651. The summed E-state index contributed by atoms with van der Waals surface area (Å²) in [5.41, 5.74) is 2.42. The van der Waals surface area contributed by atoms with Crippen LogP contribution in [0.25, 0.3) is 0 Å². The lowest BCUT2D eigenvalue weighted by molar-refractivity contribution is -0.133. The fourth-order valence-corrected chi connectivity index (χ4v) is 5.71. The SMILES string of the molecule is CC(C)c1ccc2c(c1)OCC[C@@H]1CC[C@H](O)[C@@H](CNC(=O)[C@@H]3C[C@@H](CN3Cc3ccc(F)cc3)NC2=O)O1. The fourth-order valence-electron chi connectivity index (χ4n) is 5.71. The first-order valence-electron chi connectivity index (χ1n) is 13.9. The molecule has 3 N–H and O–H groups in total. The van der Waals surface area contributed by atoms with Crippen molar-refractivity contribution in [3.63, 3.8) is 0 Å². The van der Waals surface area contributed by atoms with E-state index in [2.05, 4.69) is 24.5 Å². The molecule has 5 rings (SSSR count). The number of carbonyl (C=O) groups is 2. The van der Waals surface area contributed by atoms with Crippen LogP contribution in [0.3, 0.4) is 0 Å². The maximum absolute atomic E-state index is 13.5. The Morgan fingerprint density at radius 3 is 2.67 bits per heavy atom. The molecule has 0 aromatic heterocycles. The van der Waals surface area contributed by atoms with Crippen molar-refractivity contribution in [1.29, 1.82) is 0 Å². The Bertz CT molecular complexity index is 1170. The number of rotatable bonds is 3. The smallest absolute Gasteiger partial charge is 0.255 e. The first kappa shape index (κ1) is 27.6. The number of nitrogens with one attached hydrogen (secondary N) is 2. The highest BCUT2D eigenvalue weighted by Gasteiger charge is 2.39. The van der Waals surface area contributed by atoms with E-state index >= 15 is 0 Å². The van der Waals surface area contributed by atoms with Crippen LogP contribution in [0.1, 0.15) is 66.9 Å². The Hall–Kier alpha value is -3.01. The van der Waals surface area contributed by atoms with Crippen molar-refractivity contribution < 1.29 is 28.6 Å². The van der Waals surface area contributed by atoms with Gasteiger partial charge in [-0.3, -0.25) is 14.5 Å². The molecule has 2 aromatic carbocycles. The Morgan fingerprint density at radius 2 is 1.90 bits per heavy atom. The monoisotopic (exact) mass is 539 g/mol. The summed E-state index contributed by atoms with van der Waals surface area (Å²) in [5.74, 6) is 0.0818. The highest BCUT2D eigenvalue weighted by atomic mass is 19.1. The van der Waals surface area contributed by atoms with Gasteiger partial charge in [0, 0.05) is 32.1 Å². The lowest BCUT2D eigenvalue weighted by Crippen LogP contribution is -2.50. The van der Waals surface area contributed by atoms with Crippen molar-refractivity contribution in [2.75, 3.05) is 19.7 Å². The molecule has 0 spiro atoms. The quantitative estimate of drug-likeness (QED) is 0.554. The minimum Gasteiger partial charge on any atom is -0.493 e. The van der Waals surface area contributed by atoms with E-state index in [9.17, 15) is 19.1 Å². The first-order valence-corrected chi connectivity index (χ1v) is 13.9. The molecule has 0 saturated carbocycles. The van der Waals surface area contributed by atoms with Gasteiger partial charge in [0.05, 0.1) is 30.4 Å². The molecule has 0 unspecified atom stereocenters. The number of aliphatic hydroxyl groups excluding tert-OH is 1. The normalized spacial score (nSPS) is 28.4. The first-order chi connectivity index (χ1) is 18.8. The second-order valence-electron chi connectivity index (χ2n) is 11.2. The summed E-state index contributed by atoms with van der Waals surface area (Å²) < 4.78 is 25.8. The maximum atomic E-state index is 13.5. The molecular formula is C30H38FN3O5. The zero-order valence-corrected chi connectivity index (χ0v) is 22.6. The van der Waals surface area contributed by atoms with Gasteiger partial charge >= 0.3 is 0 Å². The maximum Gasteiger partial charge on any atom is 0.255 e. The molecule has 2 fully saturated rings. The van der Waals surface area contributed by atoms with Crippen LogP contribution in [0, 0.1) is 5.82 Å². The number of hydrogen-bond donors (Lipinski definition) is 3. The molecule has 0 aliphatic carbocycles. The number of carbonyl (C=O) groups excluding carboxylic acids is 2. The van der Waals surface area contributed by atoms with E-state index in [1.807, 2.05) is 23.1 Å². The zero-order chi connectivity index (χ0) is 27.5. The molecule has 8 nitrogen and oxygen atoms in total. The fraction of sp³-hybridized carbons (Fsp3) is 0.533. The highest BCUT2D eigenvalue weighted by molar-refractivity contribution is 5.97. The van der Waals surface area contributed by atoms with Gasteiger partial charge in [-0.25, -0.2) is 4.39 Å². The molecule has 3 aliphatic rings. The summed E-state index contributed by atoms with van der Waals surface area (Å²) in [6.07, 6.45) is 1.06. The third kappa shape index (κ3) is 6.59. The molecule has 9 heteroatoms. The van der Waals surface area contributed by atoms with E-state index in [4.69, 9.17) is 9.47 Å². The van der Waals surface area contributed by atoms with Gasteiger partial charge in [0.1, 0.15) is 17.7 Å². The van der Waals surface area contributed by atoms with Crippen LogP contribution in [-0.4, -0.2) is 71.9 Å². The predicted octanol–water partition coefficient (Wildman–Crippen LogP) is 3.13. The molecule has 4 bridgehead atoms. The van der Waals surface area contributed by atoms with Crippen molar-refractivity contribution >= 4 is 11.8 Å². The number of fused-ring (bicyclic) bond motifs is 5. The lowest BCUT2D eigenvalue weighted by atomic mass is 9.99. The van der Waals surface area contributed by atoms with Gasteiger partial charge in [-0.15, -0.1) is 0 Å². The number of likely N-dealkylation sites (tertiary alicyclic amines) is 1. The van der Waals surface area contributed by atoms with E-state index in [0.717, 1.165) is 11.1 Å². The highest BCUT2D eigenvalue weighted by Crippen LogP contribution is 2.28. The van der Waals surface area contributed by atoms with Crippen LogP contribution in [0.2, 0.25) is 0 Å². The van der Waals surface area contributed by atoms with Crippen molar-refractivity contribution in [3.05, 3.63) is 65.0 Å². The molecule has 39 heavy (non-hydrogen) atoms. The Kier molecular flexibility index (Phi) is 8.49. The standard InChI is InChI=1S/C30H38FN3O5/c1-18(2)20-5-9-24-27(13-20)38-12-11-23-8-10-26(35)28(39-23)15-32-30(37)25-14-22(33-29(24)36)17-34(25)16-19-3-6-21(31)7-4-19/h3-7,9,13,18,22-23,25-26,28,35H,8,10-12,14-17H2,1-2H3,(H,32,37)(H,33,36)/t22-,23-,25-,26-,28+/m0/s1. The number of ether oxygens (including phenoxy) is 2. The van der Waals surface area contributed by atoms with Crippen LogP contribution >= 0.6 is 0 Å². The summed E-state index contributed by atoms with van der Waals surface area (Å²) in [6, 6.07) is 11.2. The third-order valence-corrected chi connectivity index (χ3v) is 8.01. The van der Waals surface area contributed by atoms with E-state index in [1.165, 1.54) is 12.1 Å². The molecule has 2 aromatic rings. The van der Waals surface area contributed by atoms with Crippen LogP contribution in [0.5, 0.6) is 5.75 Å². The number of amides is 2. The third-order valence-electron chi connectivity index (χ3n) is 8.01. The predicted molar refractivity (Wildman–Crippen MR) is 144 cm³/mol. The van der Waals surface area contributed by atoms with Gasteiger partial charge in [-0.2, -0.15) is 0 Å². The second kappa shape index (κ2) is 12.0. The number of hydrogen-bond acceptors (Lipinski definition) is 6. The average molecular weight is 540 g/mol. The number of nitrogens with zero attached hydrogens (tertiary/aromatic N) is 1. The van der Waals surface area contributed by atoms with Crippen molar-refractivity contribution in [2.45, 2.75) is 82.4 Å².